The van der Waals surface area contributed by atoms with Crippen LogP contribution in [0.1, 0.15) is 49.3 Å². The summed E-state index contributed by atoms with van der Waals surface area (Å²) < 4.78 is 29.6. The molecule has 30 heavy (non-hydrogen) atoms. The van der Waals surface area contributed by atoms with Gasteiger partial charge in [0.15, 0.2) is 0 Å². The largest absolute Gasteiger partial charge is 0.481 e. The summed E-state index contributed by atoms with van der Waals surface area (Å²) in [5.41, 5.74) is 6.80. The average molecular weight is 417 g/mol. The molecule has 0 radical (unpaired) electrons. The van der Waals surface area contributed by atoms with Gasteiger partial charge in [-0.25, -0.2) is 8.78 Å². The van der Waals surface area contributed by atoms with Crippen molar-refractivity contribution in [2.45, 2.75) is 50.9 Å². The van der Waals surface area contributed by atoms with Crippen LogP contribution in [0, 0.1) is 17.6 Å². The Labute approximate surface area is 174 Å². The molecule has 1 aliphatic rings. The molecule has 0 bridgehead atoms. The van der Waals surface area contributed by atoms with Crippen molar-refractivity contribution in [3.8, 4) is 11.1 Å². The summed E-state index contributed by atoms with van der Waals surface area (Å²) in [4.78, 5) is 12.0. The molecule has 2 aromatic rings. The fraction of sp³-hybridized carbons (Fsp3) is 0.409. The zero-order valence-corrected chi connectivity index (χ0v) is 17.0. The third-order valence-corrected chi connectivity index (χ3v) is 5.77. The van der Waals surface area contributed by atoms with E-state index in [9.17, 15) is 14.3 Å². The number of hydrogen-bond acceptors (Lipinski definition) is 4. The minimum Gasteiger partial charge on any atom is -0.481 e. The summed E-state index contributed by atoms with van der Waals surface area (Å²) in [6.45, 7) is 3.26. The number of halogens is 2. The number of rotatable bonds is 7. The molecule has 2 unspecified atom stereocenters. The molecule has 0 saturated heterocycles. The second-order valence-corrected chi connectivity index (χ2v) is 8.61. The number of hydrogen-bond donors (Lipinski definition) is 4. The molecule has 3 rings (SSSR count). The van der Waals surface area contributed by atoms with Gasteiger partial charge < -0.3 is 20.9 Å². The molecule has 0 fully saturated rings. The van der Waals surface area contributed by atoms with Gasteiger partial charge in [-0.15, -0.1) is 0 Å². The Morgan fingerprint density at radius 2 is 1.90 bits per heavy atom. The van der Waals surface area contributed by atoms with Crippen LogP contribution in [-0.2, 0) is 16.8 Å². The molecule has 0 spiro atoms. The molecule has 2 aromatic carbocycles. The van der Waals surface area contributed by atoms with Crippen LogP contribution in [-0.4, -0.2) is 28.2 Å². The highest BCUT2D eigenvalue weighted by Gasteiger charge is 2.38. The van der Waals surface area contributed by atoms with Gasteiger partial charge in [0.2, 0.25) is 0 Å². The number of aliphatic carboxylic acids is 1. The lowest BCUT2D eigenvalue weighted by Crippen LogP contribution is -2.30. The van der Waals surface area contributed by atoms with E-state index in [0.29, 0.717) is 36.0 Å². The Hall–Kier alpha value is -2.29. The first-order valence-electron chi connectivity index (χ1n) is 10.00. The fourth-order valence-corrected chi connectivity index (χ4v) is 4.53. The molecule has 5 nitrogen and oxygen atoms in total. The SMILES string of the molecule is CC(C)(N)c1c(F)cccc1-c1cc2c(cc1F)CC(CCCB(O)O)C2C(=O)O. The highest BCUT2D eigenvalue weighted by Crippen LogP contribution is 2.44. The van der Waals surface area contributed by atoms with E-state index in [1.54, 1.807) is 19.9 Å². The Morgan fingerprint density at radius 3 is 2.50 bits per heavy atom. The van der Waals surface area contributed by atoms with E-state index in [2.05, 4.69) is 0 Å². The first-order chi connectivity index (χ1) is 14.0. The molecule has 0 saturated carbocycles. The fourth-order valence-electron chi connectivity index (χ4n) is 4.53. The van der Waals surface area contributed by atoms with Gasteiger partial charge in [-0.3, -0.25) is 4.79 Å². The number of nitrogens with two attached hydrogens (primary N) is 1. The van der Waals surface area contributed by atoms with E-state index < -0.39 is 36.2 Å². The third-order valence-electron chi connectivity index (χ3n) is 5.77. The smallest absolute Gasteiger partial charge is 0.451 e. The molecule has 160 valence electrons. The van der Waals surface area contributed by atoms with Crippen molar-refractivity contribution in [1.29, 1.82) is 0 Å². The van der Waals surface area contributed by atoms with Gasteiger partial charge in [0.25, 0.3) is 0 Å². The van der Waals surface area contributed by atoms with Gasteiger partial charge >= 0.3 is 13.1 Å². The molecule has 0 aromatic heterocycles. The van der Waals surface area contributed by atoms with E-state index in [0.717, 1.165) is 0 Å². The Bertz CT molecular complexity index is 959. The molecular weight excluding hydrogens is 391 g/mol. The number of fused-ring (bicyclic) bond motifs is 1. The van der Waals surface area contributed by atoms with Crippen molar-refractivity contribution in [1.82, 2.24) is 0 Å². The summed E-state index contributed by atoms with van der Waals surface area (Å²) in [5, 5.41) is 27.9. The summed E-state index contributed by atoms with van der Waals surface area (Å²) in [5.74, 6) is -3.23. The maximum atomic E-state index is 15.1. The monoisotopic (exact) mass is 417 g/mol. The molecule has 2 atom stereocenters. The van der Waals surface area contributed by atoms with Crippen molar-refractivity contribution in [3.05, 3.63) is 58.7 Å². The molecule has 0 heterocycles. The predicted molar refractivity (Wildman–Crippen MR) is 111 cm³/mol. The minimum absolute atomic E-state index is 0.124. The maximum Gasteiger partial charge on any atom is 0.451 e. The zero-order valence-electron chi connectivity index (χ0n) is 17.0. The molecule has 0 aliphatic heterocycles. The van der Waals surface area contributed by atoms with Gasteiger partial charge in [-0.2, -0.15) is 0 Å². The van der Waals surface area contributed by atoms with Crippen LogP contribution < -0.4 is 5.73 Å². The van der Waals surface area contributed by atoms with Gasteiger partial charge in [0.1, 0.15) is 11.6 Å². The quantitative estimate of drug-likeness (QED) is 0.517. The minimum atomic E-state index is -1.44. The van der Waals surface area contributed by atoms with E-state index >= 15 is 4.39 Å². The van der Waals surface area contributed by atoms with Crippen molar-refractivity contribution < 1.29 is 28.7 Å². The number of carboxylic acid groups (broad SMARTS) is 1. The molecule has 5 N–H and O–H groups in total. The summed E-state index contributed by atoms with van der Waals surface area (Å²) >= 11 is 0. The van der Waals surface area contributed by atoms with Gasteiger partial charge in [0, 0.05) is 16.7 Å². The van der Waals surface area contributed by atoms with Crippen LogP contribution in [0.15, 0.2) is 30.3 Å². The van der Waals surface area contributed by atoms with Crippen LogP contribution >= 0.6 is 0 Å². The van der Waals surface area contributed by atoms with Gasteiger partial charge in [0.05, 0.1) is 5.92 Å². The van der Waals surface area contributed by atoms with Gasteiger partial charge in [-0.05, 0) is 73.8 Å². The first-order valence-corrected chi connectivity index (χ1v) is 10.00. The first kappa shape index (κ1) is 22.4. The van der Waals surface area contributed by atoms with Crippen molar-refractivity contribution in [2.75, 3.05) is 0 Å². The highest BCUT2D eigenvalue weighted by molar-refractivity contribution is 6.40. The topological polar surface area (TPSA) is 104 Å². The second kappa shape index (κ2) is 8.45. The Morgan fingerprint density at radius 1 is 1.20 bits per heavy atom. The maximum absolute atomic E-state index is 15.1. The Balaban J connectivity index is 2.06. The van der Waals surface area contributed by atoms with Crippen LogP contribution in [0.2, 0.25) is 6.32 Å². The lowest BCUT2D eigenvalue weighted by Gasteiger charge is -2.24. The standard InChI is InChI=1S/C22H26BF2NO4/c1-22(2,26)20-14(6-3-7-17(20)24)16-11-15-13(10-18(16)25)9-12(19(15)21(27)28)5-4-8-23(29)30/h3,6-7,10-12,19,29-30H,4-5,8-9,26H2,1-2H3,(H,27,28). The molecular formula is C22H26BF2NO4. The van der Waals surface area contributed by atoms with Gasteiger partial charge in [-0.1, -0.05) is 18.6 Å². The van der Waals surface area contributed by atoms with Crippen LogP contribution in [0.3, 0.4) is 0 Å². The summed E-state index contributed by atoms with van der Waals surface area (Å²) in [6.07, 6.45) is 1.46. The lowest BCUT2D eigenvalue weighted by atomic mass is 9.80. The summed E-state index contributed by atoms with van der Waals surface area (Å²) in [7, 11) is -1.44. The van der Waals surface area contributed by atoms with E-state index in [-0.39, 0.29) is 23.4 Å². The summed E-state index contributed by atoms with van der Waals surface area (Å²) in [6, 6.07) is 7.17. The third kappa shape index (κ3) is 4.40. The molecule has 8 heteroatoms. The molecule has 0 amide bonds. The highest BCUT2D eigenvalue weighted by atomic mass is 19.1. The predicted octanol–water partition coefficient (Wildman–Crippen LogP) is 3.42. The van der Waals surface area contributed by atoms with E-state index in [4.69, 9.17) is 15.8 Å². The van der Waals surface area contributed by atoms with Crippen molar-refractivity contribution in [3.63, 3.8) is 0 Å². The van der Waals surface area contributed by atoms with Crippen LogP contribution in [0.25, 0.3) is 11.1 Å². The zero-order chi connectivity index (χ0) is 22.2. The van der Waals surface area contributed by atoms with Crippen LogP contribution in [0.5, 0.6) is 0 Å². The average Bonchev–Trinajstić information content (AvgIpc) is 2.96. The van der Waals surface area contributed by atoms with Crippen LogP contribution in [0.4, 0.5) is 8.78 Å². The van der Waals surface area contributed by atoms with Crippen molar-refractivity contribution in [2.24, 2.45) is 11.7 Å². The number of carbonyl (C=O) groups is 1. The number of benzene rings is 2. The van der Waals surface area contributed by atoms with Crippen molar-refractivity contribution >= 4 is 13.1 Å². The normalized spacial score (nSPS) is 18.4. The van der Waals surface area contributed by atoms with E-state index in [1.165, 1.54) is 24.3 Å². The Kier molecular flexibility index (Phi) is 6.31. The second-order valence-electron chi connectivity index (χ2n) is 8.61. The van der Waals surface area contributed by atoms with E-state index in [1.807, 2.05) is 0 Å². The lowest BCUT2D eigenvalue weighted by molar-refractivity contribution is -0.139. The molecule has 1 aliphatic carbocycles. The number of carboxylic acids is 1.